The number of aromatic nitrogens is 5. The highest BCUT2D eigenvalue weighted by Crippen LogP contribution is 2.49. The molecule has 0 saturated carbocycles. The van der Waals surface area contributed by atoms with Crippen LogP contribution in [0, 0.1) is 11.7 Å². The van der Waals surface area contributed by atoms with Crippen LogP contribution in [-0.4, -0.2) is 90.4 Å². The smallest absolute Gasteiger partial charge is 0.410 e. The maximum Gasteiger partial charge on any atom is 0.410 e. The fraction of sp³-hybridized carbons (Fsp3) is 0.426. The molecule has 19 heteroatoms. The molecule has 66 heavy (non-hydrogen) atoms. The number of fused-ring (bicyclic) bond motifs is 5. The predicted molar refractivity (Wildman–Crippen MR) is 238 cm³/mol. The molecular weight excluding hydrogens is 881 g/mol. The van der Waals surface area contributed by atoms with Gasteiger partial charge in [0.15, 0.2) is 0 Å². The van der Waals surface area contributed by atoms with Gasteiger partial charge in [0.2, 0.25) is 12.1 Å². The number of carbonyl (C=O) groups excluding carboxylic acids is 3. The number of imidazole rings is 2. The second kappa shape index (κ2) is 17.1. The Labute approximate surface area is 381 Å². The molecular formula is C47H50F4N8O6S. The summed E-state index contributed by atoms with van der Waals surface area (Å²) in [6, 6.07) is 12.1. The minimum atomic E-state index is -4.41. The second-order valence-electron chi connectivity index (χ2n) is 18.3. The lowest BCUT2D eigenvalue weighted by molar-refractivity contribution is -0.135. The molecule has 0 bridgehead atoms. The van der Waals surface area contributed by atoms with Gasteiger partial charge in [-0.2, -0.15) is 13.2 Å². The first-order valence-corrected chi connectivity index (χ1v) is 22.7. The Morgan fingerprint density at radius 1 is 0.909 bits per heavy atom. The van der Waals surface area contributed by atoms with Gasteiger partial charge < -0.3 is 34.4 Å². The van der Waals surface area contributed by atoms with E-state index in [1.807, 2.05) is 63.5 Å². The Hall–Kier alpha value is -6.37. The number of H-pyrrole nitrogens is 2. The highest BCUT2D eigenvalue weighted by molar-refractivity contribution is 7.12. The van der Waals surface area contributed by atoms with Gasteiger partial charge >= 0.3 is 18.4 Å². The van der Waals surface area contributed by atoms with Crippen LogP contribution < -0.4 is 10.1 Å². The number of carbonyl (C=O) groups is 3. The molecule has 9 rings (SSSR count). The zero-order valence-electron chi connectivity index (χ0n) is 37.2. The maximum absolute atomic E-state index is 16.8. The van der Waals surface area contributed by atoms with Crippen molar-refractivity contribution in [3.63, 3.8) is 0 Å². The average molecular weight is 931 g/mol. The number of thiophene rings is 1. The number of amides is 3. The van der Waals surface area contributed by atoms with Crippen LogP contribution in [0.2, 0.25) is 0 Å². The van der Waals surface area contributed by atoms with E-state index in [1.165, 1.54) is 19.2 Å². The van der Waals surface area contributed by atoms with Crippen molar-refractivity contribution in [3.05, 3.63) is 88.1 Å². The van der Waals surface area contributed by atoms with Gasteiger partial charge in [0.1, 0.15) is 34.9 Å². The monoisotopic (exact) mass is 930 g/mol. The summed E-state index contributed by atoms with van der Waals surface area (Å²) in [6.45, 7) is 10.1. The molecule has 3 aliphatic rings. The quantitative estimate of drug-likeness (QED) is 0.121. The van der Waals surface area contributed by atoms with E-state index in [-0.39, 0.29) is 34.1 Å². The number of rotatable bonds is 9. The van der Waals surface area contributed by atoms with E-state index < -0.39 is 54.5 Å². The summed E-state index contributed by atoms with van der Waals surface area (Å²) in [5.74, 6) is 0.222. The molecule has 6 aromatic rings. The molecule has 7 heterocycles. The molecule has 2 saturated heterocycles. The normalized spacial score (nSPS) is 18.9. The number of alkyl halides is 3. The fourth-order valence-electron chi connectivity index (χ4n) is 9.19. The second-order valence-corrected chi connectivity index (χ2v) is 19.5. The number of likely N-dealkylation sites (tertiary alicyclic amines) is 2. The SMILES string of the molecule is COC(=O)NC(C(=O)N1CCCC1c1ncc(-c2cc(F)c3c(c2)OC(c2ccc(CC(F)(F)F)s2)n2c-3cc3cc(-c4cnc(C5CCCN5C(=O)OC(C)(C)C)[nH]4)ccc32)[nH]1)C(C)C. The summed E-state index contributed by atoms with van der Waals surface area (Å²) in [7, 11) is 1.24. The summed E-state index contributed by atoms with van der Waals surface area (Å²) in [6.07, 6.45) is -1.45. The van der Waals surface area contributed by atoms with Crippen molar-refractivity contribution in [2.24, 2.45) is 5.92 Å². The van der Waals surface area contributed by atoms with E-state index in [4.69, 9.17) is 14.2 Å². The van der Waals surface area contributed by atoms with Crippen LogP contribution in [0.15, 0.2) is 60.9 Å². The van der Waals surface area contributed by atoms with Gasteiger partial charge in [-0.3, -0.25) is 14.3 Å². The first-order valence-electron chi connectivity index (χ1n) is 21.9. The number of aromatic amines is 2. The Morgan fingerprint density at radius 3 is 2.23 bits per heavy atom. The topological polar surface area (TPSA) is 160 Å². The number of hydrogen-bond donors (Lipinski definition) is 3. The number of halogens is 4. The van der Waals surface area contributed by atoms with Gasteiger partial charge in [0.25, 0.3) is 0 Å². The van der Waals surface area contributed by atoms with Gasteiger partial charge in [0.05, 0.1) is 71.0 Å². The van der Waals surface area contributed by atoms with Gasteiger partial charge in [-0.1, -0.05) is 19.9 Å². The van der Waals surface area contributed by atoms with E-state index in [0.717, 1.165) is 35.1 Å². The third kappa shape index (κ3) is 8.71. The van der Waals surface area contributed by atoms with Crippen LogP contribution in [0.4, 0.5) is 27.2 Å². The summed E-state index contributed by atoms with van der Waals surface area (Å²) in [4.78, 5) is 58.9. The minimum Gasteiger partial charge on any atom is -0.464 e. The lowest BCUT2D eigenvalue weighted by Gasteiger charge is -2.30. The lowest BCUT2D eigenvalue weighted by atomic mass is 10.0. The van der Waals surface area contributed by atoms with Crippen LogP contribution in [-0.2, 0) is 20.7 Å². The van der Waals surface area contributed by atoms with E-state index in [0.29, 0.717) is 70.6 Å². The van der Waals surface area contributed by atoms with Crippen LogP contribution in [0.5, 0.6) is 5.75 Å². The maximum atomic E-state index is 16.8. The van der Waals surface area contributed by atoms with Gasteiger partial charge in [0, 0.05) is 34.5 Å². The molecule has 348 valence electrons. The first kappa shape index (κ1) is 44.8. The number of nitrogens with one attached hydrogen (secondary N) is 3. The van der Waals surface area contributed by atoms with E-state index in [9.17, 15) is 27.6 Å². The molecule has 3 aliphatic heterocycles. The molecule has 3 N–H and O–H groups in total. The molecule has 0 radical (unpaired) electrons. The third-order valence-corrected chi connectivity index (χ3v) is 13.3. The highest BCUT2D eigenvalue weighted by Gasteiger charge is 2.39. The predicted octanol–water partition coefficient (Wildman–Crippen LogP) is 10.4. The van der Waals surface area contributed by atoms with Crippen LogP contribution in [0.3, 0.4) is 0 Å². The van der Waals surface area contributed by atoms with Crippen molar-refractivity contribution >= 4 is 40.3 Å². The number of hydrogen-bond acceptors (Lipinski definition) is 9. The van der Waals surface area contributed by atoms with E-state index >= 15 is 4.39 Å². The van der Waals surface area contributed by atoms with Crippen LogP contribution in [0.25, 0.3) is 44.7 Å². The highest BCUT2D eigenvalue weighted by atomic mass is 32.1. The third-order valence-electron chi connectivity index (χ3n) is 12.2. The van der Waals surface area contributed by atoms with Crippen LogP contribution in [0.1, 0.15) is 100 Å². The van der Waals surface area contributed by atoms with Crippen molar-refractivity contribution in [3.8, 4) is 39.5 Å². The Bertz CT molecular complexity index is 2820. The van der Waals surface area contributed by atoms with Gasteiger partial charge in [-0.05, 0) is 94.8 Å². The molecule has 4 atom stereocenters. The van der Waals surface area contributed by atoms with Crippen molar-refractivity contribution in [1.82, 2.24) is 39.6 Å². The summed E-state index contributed by atoms with van der Waals surface area (Å²) >= 11 is 0.981. The molecule has 4 aromatic heterocycles. The van der Waals surface area contributed by atoms with Gasteiger partial charge in [-0.15, -0.1) is 11.3 Å². The number of nitrogens with zero attached hydrogens (tertiary/aromatic N) is 5. The fourth-order valence-corrected chi connectivity index (χ4v) is 10.3. The molecule has 0 spiro atoms. The largest absolute Gasteiger partial charge is 0.464 e. The zero-order chi connectivity index (χ0) is 46.8. The lowest BCUT2D eigenvalue weighted by Crippen LogP contribution is -2.51. The van der Waals surface area contributed by atoms with Crippen LogP contribution >= 0.6 is 11.3 Å². The Morgan fingerprint density at radius 2 is 1.58 bits per heavy atom. The molecule has 2 fully saturated rings. The number of methoxy groups -OCH3 is 1. The Kier molecular flexibility index (Phi) is 11.6. The molecule has 2 aromatic carbocycles. The van der Waals surface area contributed by atoms with E-state index in [1.54, 1.807) is 34.3 Å². The van der Waals surface area contributed by atoms with Crippen molar-refractivity contribution < 1.29 is 46.2 Å². The molecule has 14 nitrogen and oxygen atoms in total. The van der Waals surface area contributed by atoms with Crippen molar-refractivity contribution in [2.75, 3.05) is 20.2 Å². The number of benzene rings is 2. The molecule has 3 amide bonds. The van der Waals surface area contributed by atoms with Crippen molar-refractivity contribution in [2.45, 2.75) is 103 Å². The van der Waals surface area contributed by atoms with Crippen molar-refractivity contribution in [1.29, 1.82) is 0 Å². The van der Waals surface area contributed by atoms with E-state index in [2.05, 4.69) is 25.3 Å². The van der Waals surface area contributed by atoms with Gasteiger partial charge in [-0.25, -0.2) is 23.9 Å². The standard InChI is InChI=1S/C47H50F4N8O6S/c1-24(2)39(56-44(61)63-6)42(60)57-15-7-9-33(57)40-53-23-31(55-40)26-18-29(48)38-35-19-27-17-25(30-22-52-41(54-30)34-10-8-16-58(34)45(62)65-46(3,4)5)11-13-32(27)59(35)43(64-36(38)20-26)37-14-12-28(66-37)21-47(49,50)51/h11-14,17-20,22-24,33-34,39,43H,7-10,15-16,21H2,1-6H3,(H,52,54)(H,53,55)(H,56,61). The molecule has 0 aliphatic carbocycles. The summed E-state index contributed by atoms with van der Waals surface area (Å²) in [5.41, 5.74) is 3.02. The Balaban J connectivity index is 1.05. The zero-order valence-corrected chi connectivity index (χ0v) is 38.0. The first-order chi connectivity index (χ1) is 31.4. The molecule has 4 unspecified atom stereocenters. The number of ether oxygens (including phenoxy) is 3. The average Bonchev–Trinajstić information content (AvgIpc) is 4.10. The minimum absolute atomic E-state index is 0.111. The summed E-state index contributed by atoms with van der Waals surface area (Å²) in [5, 5.41) is 3.37. The summed E-state index contributed by atoms with van der Waals surface area (Å²) < 4.78 is 76.3. The number of alkyl carbamates (subject to hydrolysis) is 1.